The van der Waals surface area contributed by atoms with E-state index in [4.69, 9.17) is 14.2 Å². The fourth-order valence-electron chi connectivity index (χ4n) is 6.53. The Morgan fingerprint density at radius 1 is 0.933 bits per heavy atom. The first-order chi connectivity index (χ1) is 21.8. The maximum absolute atomic E-state index is 13.8. The lowest BCUT2D eigenvalue weighted by atomic mass is 9.69. The Hall–Kier alpha value is -4.57. The second-order valence-electron chi connectivity index (χ2n) is 11.8. The van der Waals surface area contributed by atoms with Crippen LogP contribution in [0.4, 0.5) is 4.79 Å². The molecule has 1 fully saturated rings. The van der Waals surface area contributed by atoms with E-state index in [2.05, 4.69) is 22.8 Å². The zero-order valence-electron chi connectivity index (χ0n) is 25.8. The fraction of sp³-hybridized carbons (Fsp3) is 0.400. The average molecular weight is 616 g/mol. The number of hydrogen-bond acceptors (Lipinski definition) is 6. The molecule has 3 amide bonds. The Morgan fingerprint density at radius 3 is 2.22 bits per heavy atom. The van der Waals surface area contributed by atoms with Gasteiger partial charge in [-0.3, -0.25) is 9.59 Å². The van der Waals surface area contributed by atoms with Crippen molar-refractivity contribution >= 4 is 17.9 Å². The third kappa shape index (κ3) is 7.39. The van der Waals surface area contributed by atoms with Crippen molar-refractivity contribution in [3.63, 3.8) is 0 Å². The van der Waals surface area contributed by atoms with E-state index < -0.39 is 23.5 Å². The molecule has 238 valence electrons. The number of likely N-dealkylation sites (tertiary alicyclic amines) is 1. The molecule has 3 N–H and O–H groups in total. The monoisotopic (exact) mass is 615 g/mol. The number of methoxy groups -OCH3 is 2. The summed E-state index contributed by atoms with van der Waals surface area (Å²) in [5.41, 5.74) is 2.25. The lowest BCUT2D eigenvalue weighted by molar-refractivity contribution is -0.128. The Morgan fingerprint density at radius 2 is 1.60 bits per heavy atom. The second kappa shape index (κ2) is 14.5. The lowest BCUT2D eigenvalue weighted by Gasteiger charge is -2.41. The number of ether oxygens (including phenoxy) is 3. The van der Waals surface area contributed by atoms with Gasteiger partial charge in [-0.05, 0) is 55.5 Å². The predicted octanol–water partition coefficient (Wildman–Crippen LogP) is 4.75. The quantitative estimate of drug-likeness (QED) is 0.251. The highest BCUT2D eigenvalue weighted by molar-refractivity contribution is 5.82. The van der Waals surface area contributed by atoms with Crippen molar-refractivity contribution in [1.29, 1.82) is 0 Å². The minimum absolute atomic E-state index is 0.0587. The molecule has 45 heavy (non-hydrogen) atoms. The highest BCUT2D eigenvalue weighted by Gasteiger charge is 2.43. The number of hydrogen-bond donors (Lipinski definition) is 3. The van der Waals surface area contributed by atoms with E-state index in [1.54, 1.807) is 26.4 Å². The van der Waals surface area contributed by atoms with Crippen LogP contribution in [0.3, 0.4) is 0 Å². The number of unbranched alkanes of at least 4 members (excludes halogenated alkanes) is 1. The van der Waals surface area contributed by atoms with Gasteiger partial charge in [-0.25, -0.2) is 4.79 Å². The van der Waals surface area contributed by atoms with Crippen molar-refractivity contribution < 1.29 is 33.7 Å². The van der Waals surface area contributed by atoms with E-state index in [9.17, 15) is 19.5 Å². The maximum Gasteiger partial charge on any atom is 0.407 e. The Labute approximate surface area is 263 Å². The van der Waals surface area contributed by atoms with Crippen LogP contribution in [-0.2, 0) is 26.2 Å². The highest BCUT2D eigenvalue weighted by Crippen LogP contribution is 2.50. The predicted molar refractivity (Wildman–Crippen MR) is 169 cm³/mol. The molecule has 0 radical (unpaired) electrons. The van der Waals surface area contributed by atoms with Gasteiger partial charge in [-0.2, -0.15) is 0 Å². The van der Waals surface area contributed by atoms with E-state index in [1.807, 2.05) is 48.5 Å². The van der Waals surface area contributed by atoms with Gasteiger partial charge in [0.05, 0.1) is 19.4 Å². The number of carbonyl (C=O) groups excluding carboxylic acids is 2. The summed E-state index contributed by atoms with van der Waals surface area (Å²) in [7, 11) is 3.27. The topological polar surface area (TPSA) is 126 Å². The molecule has 0 aromatic heterocycles. The first-order valence-corrected chi connectivity index (χ1v) is 15.4. The minimum Gasteiger partial charge on any atom is -0.497 e. The molecule has 5 rings (SSSR count). The summed E-state index contributed by atoms with van der Waals surface area (Å²) in [6, 6.07) is 22.5. The molecule has 0 saturated carbocycles. The Bertz CT molecular complexity index is 1450. The van der Waals surface area contributed by atoms with Gasteiger partial charge in [-0.1, -0.05) is 48.5 Å². The van der Waals surface area contributed by atoms with Crippen LogP contribution in [0.25, 0.3) is 0 Å². The molecule has 0 spiro atoms. The number of carbonyl (C=O) groups is 3. The number of fused-ring (bicyclic) bond motifs is 2. The number of piperidine rings is 1. The number of nitrogens with zero attached hydrogens (tertiary/aromatic N) is 1. The minimum atomic E-state index is -1.12. The second-order valence-corrected chi connectivity index (χ2v) is 11.8. The molecule has 3 aromatic carbocycles. The third-order valence-corrected chi connectivity index (χ3v) is 8.77. The summed E-state index contributed by atoms with van der Waals surface area (Å²) >= 11 is 0. The Balaban J connectivity index is 1.32. The van der Waals surface area contributed by atoms with Gasteiger partial charge in [0.1, 0.15) is 17.2 Å². The van der Waals surface area contributed by atoms with E-state index in [0.717, 1.165) is 47.5 Å². The molecule has 0 aliphatic carbocycles. The number of amides is 3. The van der Waals surface area contributed by atoms with Crippen LogP contribution >= 0.6 is 0 Å². The van der Waals surface area contributed by atoms with Crippen LogP contribution in [0, 0.1) is 5.92 Å². The normalized spacial score (nSPS) is 18.1. The molecule has 2 aliphatic rings. The molecule has 10 heteroatoms. The van der Waals surface area contributed by atoms with Crippen LogP contribution < -0.4 is 20.1 Å². The van der Waals surface area contributed by atoms with Crippen molar-refractivity contribution in [2.45, 2.75) is 43.6 Å². The summed E-state index contributed by atoms with van der Waals surface area (Å²) in [6.07, 6.45) is 1.84. The fourth-order valence-corrected chi connectivity index (χ4v) is 6.53. The van der Waals surface area contributed by atoms with Crippen molar-refractivity contribution in [3.8, 4) is 17.2 Å². The van der Waals surface area contributed by atoms with E-state index in [0.29, 0.717) is 25.3 Å². The average Bonchev–Trinajstić information content (AvgIpc) is 3.05. The van der Waals surface area contributed by atoms with Crippen LogP contribution in [0.1, 0.15) is 42.4 Å². The van der Waals surface area contributed by atoms with Gasteiger partial charge >= 0.3 is 6.09 Å². The van der Waals surface area contributed by atoms with Gasteiger partial charge in [0, 0.05) is 55.9 Å². The first-order valence-electron chi connectivity index (χ1n) is 15.4. The molecule has 10 nitrogen and oxygen atoms in total. The van der Waals surface area contributed by atoms with E-state index in [-0.39, 0.29) is 31.3 Å². The van der Waals surface area contributed by atoms with E-state index >= 15 is 0 Å². The van der Waals surface area contributed by atoms with Gasteiger partial charge in [0.15, 0.2) is 0 Å². The molecule has 3 aromatic rings. The zero-order chi connectivity index (χ0) is 31.8. The van der Waals surface area contributed by atoms with Crippen LogP contribution in [0.2, 0.25) is 0 Å². The lowest BCUT2D eigenvalue weighted by Crippen LogP contribution is -2.56. The molecule has 1 saturated heterocycles. The van der Waals surface area contributed by atoms with Crippen LogP contribution in [-0.4, -0.2) is 74.4 Å². The SMILES string of the molecule is COCCCCC1(CNC(=O)[C@H]2C[C@@H](NC(=O)Cc3ccc(OC)cc3)CN(C(=O)O)C2)c2ccccc2Oc2ccccc21. The van der Waals surface area contributed by atoms with Crippen molar-refractivity contribution in [1.82, 2.24) is 15.5 Å². The molecule has 2 heterocycles. The number of carboxylic acid groups (broad SMARTS) is 1. The number of benzene rings is 3. The molecular weight excluding hydrogens is 574 g/mol. The smallest absolute Gasteiger partial charge is 0.407 e. The number of rotatable bonds is 12. The summed E-state index contributed by atoms with van der Waals surface area (Å²) in [6.45, 7) is 1.13. The Kier molecular flexibility index (Phi) is 10.2. The highest BCUT2D eigenvalue weighted by atomic mass is 16.5. The molecule has 2 aliphatic heterocycles. The van der Waals surface area contributed by atoms with Crippen molar-refractivity contribution in [3.05, 3.63) is 89.5 Å². The summed E-state index contributed by atoms with van der Waals surface area (Å²) in [4.78, 5) is 40.0. The summed E-state index contributed by atoms with van der Waals surface area (Å²) in [5, 5.41) is 16.0. The van der Waals surface area contributed by atoms with Gasteiger partial charge < -0.3 is 34.9 Å². The van der Waals surface area contributed by atoms with Crippen LogP contribution in [0.15, 0.2) is 72.8 Å². The molecular formula is C35H41N3O7. The number of nitrogens with one attached hydrogen (secondary N) is 2. The van der Waals surface area contributed by atoms with Gasteiger partial charge in [0.2, 0.25) is 11.8 Å². The van der Waals surface area contributed by atoms with Gasteiger partial charge in [-0.15, -0.1) is 0 Å². The van der Waals surface area contributed by atoms with E-state index in [1.165, 1.54) is 4.90 Å². The third-order valence-electron chi connectivity index (χ3n) is 8.77. The maximum atomic E-state index is 13.8. The summed E-state index contributed by atoms with van der Waals surface area (Å²) < 4.78 is 16.8. The first kappa shape index (κ1) is 31.8. The molecule has 2 atom stereocenters. The van der Waals surface area contributed by atoms with Gasteiger partial charge in [0.25, 0.3) is 0 Å². The standard InChI is InChI=1S/C35H41N3O7/c1-43-18-8-7-17-35(28-9-3-5-11-30(28)45-31-12-6-4-10-29(31)35)23-36-33(40)25-20-26(22-38(21-25)34(41)42)37-32(39)19-24-13-15-27(44-2)16-14-24/h3-6,9-16,25-26H,7-8,17-23H2,1-2H3,(H,36,40)(H,37,39)(H,41,42)/t25-,26+/m0/s1. The van der Waals surface area contributed by atoms with Crippen LogP contribution in [0.5, 0.6) is 17.2 Å². The largest absolute Gasteiger partial charge is 0.497 e. The number of para-hydroxylation sites is 2. The molecule has 0 bridgehead atoms. The zero-order valence-corrected chi connectivity index (χ0v) is 25.8. The molecule has 0 unspecified atom stereocenters. The van der Waals surface area contributed by atoms with Crippen molar-refractivity contribution in [2.75, 3.05) is 40.5 Å². The summed E-state index contributed by atoms with van der Waals surface area (Å²) in [5.74, 6) is 1.10. The van der Waals surface area contributed by atoms with Crippen molar-refractivity contribution in [2.24, 2.45) is 5.92 Å².